The molecule has 0 heterocycles. The third-order valence-corrected chi connectivity index (χ3v) is 4.85. The van der Waals surface area contributed by atoms with E-state index in [1.54, 1.807) is 7.11 Å². The normalized spacial score (nSPS) is 11.0. The number of aryl methyl sites for hydroxylation is 1. The minimum Gasteiger partial charge on any atom is -0.493 e. The van der Waals surface area contributed by atoms with Crippen LogP contribution in [0.25, 0.3) is 0 Å². The Labute approximate surface area is 171 Å². The molecule has 0 aliphatic heterocycles. The molecular formula is C22H30BrNO3. The van der Waals surface area contributed by atoms with E-state index in [-0.39, 0.29) is 6.10 Å². The van der Waals surface area contributed by atoms with Crippen molar-refractivity contribution in [1.82, 2.24) is 5.32 Å². The lowest BCUT2D eigenvalue weighted by atomic mass is 10.1. The molecule has 0 fully saturated rings. The van der Waals surface area contributed by atoms with Gasteiger partial charge in [-0.1, -0.05) is 45.8 Å². The maximum atomic E-state index is 6.17. The van der Waals surface area contributed by atoms with Gasteiger partial charge in [0.25, 0.3) is 0 Å². The highest BCUT2D eigenvalue weighted by Gasteiger charge is 2.14. The first-order valence-electron chi connectivity index (χ1n) is 9.37. The first-order chi connectivity index (χ1) is 13.0. The van der Waals surface area contributed by atoms with Gasteiger partial charge in [0.15, 0.2) is 11.5 Å². The number of hydrogen-bond donors (Lipinski definition) is 1. The molecular weight excluding hydrogens is 406 g/mol. The van der Waals surface area contributed by atoms with Crippen LogP contribution in [0.1, 0.15) is 37.0 Å². The first kappa shape index (κ1) is 21.7. The zero-order chi connectivity index (χ0) is 19.6. The number of halogens is 1. The summed E-state index contributed by atoms with van der Waals surface area (Å²) in [6.45, 7) is 9.04. The van der Waals surface area contributed by atoms with E-state index in [4.69, 9.17) is 14.2 Å². The summed E-state index contributed by atoms with van der Waals surface area (Å²) in [7, 11) is 1.67. The van der Waals surface area contributed by atoms with Gasteiger partial charge in [-0.05, 0) is 51.4 Å². The van der Waals surface area contributed by atoms with E-state index in [1.807, 2.05) is 18.2 Å². The average Bonchev–Trinajstić information content (AvgIpc) is 2.64. The summed E-state index contributed by atoms with van der Waals surface area (Å²) >= 11 is 3.65. The van der Waals surface area contributed by atoms with Crippen molar-refractivity contribution in [3.63, 3.8) is 0 Å². The van der Waals surface area contributed by atoms with Crippen LogP contribution in [-0.4, -0.2) is 26.4 Å². The summed E-state index contributed by atoms with van der Waals surface area (Å²) in [4.78, 5) is 0. The lowest BCUT2D eigenvalue weighted by Crippen LogP contribution is -2.18. The molecule has 0 aliphatic carbocycles. The van der Waals surface area contributed by atoms with E-state index >= 15 is 0 Å². The maximum Gasteiger partial charge on any atom is 0.167 e. The molecule has 0 aromatic heterocycles. The maximum absolute atomic E-state index is 6.17. The van der Waals surface area contributed by atoms with E-state index < -0.39 is 0 Å². The van der Waals surface area contributed by atoms with Crippen molar-refractivity contribution in [1.29, 1.82) is 0 Å². The van der Waals surface area contributed by atoms with Crippen LogP contribution < -0.4 is 14.8 Å². The van der Waals surface area contributed by atoms with Crippen LogP contribution >= 0.6 is 15.9 Å². The van der Waals surface area contributed by atoms with E-state index in [9.17, 15) is 0 Å². The van der Waals surface area contributed by atoms with Gasteiger partial charge in [-0.15, -0.1) is 0 Å². The third-order valence-electron chi connectivity index (χ3n) is 4.10. The molecule has 1 N–H and O–H groups in total. The van der Waals surface area contributed by atoms with Gasteiger partial charge in [-0.2, -0.15) is 0 Å². The van der Waals surface area contributed by atoms with Gasteiger partial charge < -0.3 is 19.5 Å². The number of nitrogens with one attached hydrogen (secondary N) is 1. The Hall–Kier alpha value is -1.56. The zero-order valence-corrected chi connectivity index (χ0v) is 18.3. The highest BCUT2D eigenvalue weighted by molar-refractivity contribution is 9.10. The molecule has 0 saturated carbocycles. The zero-order valence-electron chi connectivity index (χ0n) is 16.7. The first-order valence-corrected chi connectivity index (χ1v) is 10.2. The highest BCUT2D eigenvalue weighted by Crippen LogP contribution is 2.36. The Morgan fingerprint density at radius 1 is 1.15 bits per heavy atom. The standard InChI is InChI=1S/C22H30BrNO3/c1-16(2)26-12-6-11-24-14-19-20(23)9-10-21(25-4)22(19)27-15-18-8-5-7-17(3)13-18/h5,7-10,13,16,24H,6,11-12,14-15H2,1-4H3. The van der Waals surface area contributed by atoms with Gasteiger partial charge >= 0.3 is 0 Å². The second kappa shape index (κ2) is 11.3. The molecule has 148 valence electrons. The molecule has 0 amide bonds. The van der Waals surface area contributed by atoms with E-state index in [1.165, 1.54) is 5.56 Å². The van der Waals surface area contributed by atoms with Crippen LogP contribution in [0.2, 0.25) is 0 Å². The van der Waals surface area contributed by atoms with Gasteiger partial charge in [-0.25, -0.2) is 0 Å². The van der Waals surface area contributed by atoms with Crippen LogP contribution in [0.3, 0.4) is 0 Å². The van der Waals surface area contributed by atoms with Crippen molar-refractivity contribution < 1.29 is 14.2 Å². The topological polar surface area (TPSA) is 39.7 Å². The molecule has 2 rings (SSSR count). The van der Waals surface area contributed by atoms with Gasteiger partial charge in [-0.3, -0.25) is 0 Å². The van der Waals surface area contributed by atoms with Crippen molar-refractivity contribution in [2.24, 2.45) is 0 Å². The largest absolute Gasteiger partial charge is 0.493 e. The summed E-state index contributed by atoms with van der Waals surface area (Å²) in [6, 6.07) is 12.3. The molecule has 0 bridgehead atoms. The molecule has 0 spiro atoms. The van der Waals surface area contributed by atoms with E-state index in [0.29, 0.717) is 13.2 Å². The van der Waals surface area contributed by atoms with Crippen molar-refractivity contribution in [3.05, 3.63) is 57.6 Å². The summed E-state index contributed by atoms with van der Waals surface area (Å²) in [5.74, 6) is 1.52. The summed E-state index contributed by atoms with van der Waals surface area (Å²) < 4.78 is 18.3. The fourth-order valence-corrected chi connectivity index (χ4v) is 3.21. The molecule has 0 unspecified atom stereocenters. The van der Waals surface area contributed by atoms with Crippen molar-refractivity contribution in [2.75, 3.05) is 20.3 Å². The summed E-state index contributed by atoms with van der Waals surface area (Å²) in [6.07, 6.45) is 1.25. The summed E-state index contributed by atoms with van der Waals surface area (Å²) in [5.41, 5.74) is 3.43. The van der Waals surface area contributed by atoms with Gasteiger partial charge in [0.1, 0.15) is 6.61 Å². The van der Waals surface area contributed by atoms with Gasteiger partial charge in [0, 0.05) is 23.2 Å². The predicted molar refractivity (Wildman–Crippen MR) is 114 cm³/mol. The Kier molecular flexibility index (Phi) is 9.11. The van der Waals surface area contributed by atoms with Crippen LogP contribution in [0.4, 0.5) is 0 Å². The molecule has 2 aromatic carbocycles. The van der Waals surface area contributed by atoms with Gasteiger partial charge in [0.2, 0.25) is 0 Å². The van der Waals surface area contributed by atoms with Crippen LogP contribution in [0, 0.1) is 6.92 Å². The lowest BCUT2D eigenvalue weighted by Gasteiger charge is -2.17. The quantitative estimate of drug-likeness (QED) is 0.489. The summed E-state index contributed by atoms with van der Waals surface area (Å²) in [5, 5.41) is 3.47. The third kappa shape index (κ3) is 7.17. The van der Waals surface area contributed by atoms with E-state index in [2.05, 4.69) is 60.2 Å². The van der Waals surface area contributed by atoms with Crippen molar-refractivity contribution in [3.8, 4) is 11.5 Å². The Morgan fingerprint density at radius 3 is 2.67 bits per heavy atom. The SMILES string of the molecule is COc1ccc(Br)c(CNCCCOC(C)C)c1OCc1cccc(C)c1. The molecule has 0 saturated heterocycles. The molecule has 0 radical (unpaired) electrons. The van der Waals surface area contributed by atoms with Gasteiger partial charge in [0.05, 0.1) is 13.2 Å². The number of methoxy groups -OCH3 is 1. The number of ether oxygens (including phenoxy) is 3. The fraction of sp³-hybridized carbons (Fsp3) is 0.455. The lowest BCUT2D eigenvalue weighted by molar-refractivity contribution is 0.0770. The number of hydrogen-bond acceptors (Lipinski definition) is 4. The second-order valence-electron chi connectivity index (χ2n) is 6.78. The predicted octanol–water partition coefficient (Wildman–Crippen LogP) is 5.25. The average molecular weight is 436 g/mol. The van der Waals surface area contributed by atoms with E-state index in [0.717, 1.165) is 46.7 Å². The highest BCUT2D eigenvalue weighted by atomic mass is 79.9. The molecule has 5 heteroatoms. The minimum absolute atomic E-state index is 0.277. The van der Waals surface area contributed by atoms with Crippen LogP contribution in [0.5, 0.6) is 11.5 Å². The van der Waals surface area contributed by atoms with Crippen LogP contribution in [0.15, 0.2) is 40.9 Å². The molecule has 4 nitrogen and oxygen atoms in total. The Morgan fingerprint density at radius 2 is 1.96 bits per heavy atom. The Bertz CT molecular complexity index is 719. The smallest absolute Gasteiger partial charge is 0.167 e. The fourth-order valence-electron chi connectivity index (χ4n) is 2.75. The van der Waals surface area contributed by atoms with Crippen molar-refractivity contribution in [2.45, 2.75) is 46.4 Å². The molecule has 0 aliphatic rings. The van der Waals surface area contributed by atoms with Crippen molar-refractivity contribution >= 4 is 15.9 Å². The number of benzene rings is 2. The number of rotatable bonds is 11. The molecule has 27 heavy (non-hydrogen) atoms. The second-order valence-corrected chi connectivity index (χ2v) is 7.64. The monoisotopic (exact) mass is 435 g/mol. The Balaban J connectivity index is 2.02. The van der Waals surface area contributed by atoms with Crippen LogP contribution in [-0.2, 0) is 17.9 Å². The molecule has 2 aromatic rings. The molecule has 0 atom stereocenters. The minimum atomic E-state index is 0.277.